The maximum absolute atomic E-state index is 12.9. The average Bonchev–Trinajstić information content (AvgIpc) is 3.24. The molecule has 1 aliphatic carbocycles. The third kappa shape index (κ3) is 5.89. The fourth-order valence-electron chi connectivity index (χ4n) is 4.06. The summed E-state index contributed by atoms with van der Waals surface area (Å²) in [5.41, 5.74) is 1.74. The fraction of sp³-hybridized carbons (Fsp3) is 0.360. The second-order valence-corrected chi connectivity index (χ2v) is 9.96. The fourth-order valence-corrected chi connectivity index (χ4v) is 5.91. The summed E-state index contributed by atoms with van der Waals surface area (Å²) < 4.78 is 1.22. The van der Waals surface area contributed by atoms with Crippen LogP contribution in [0, 0.1) is 5.92 Å². The molecule has 6 heteroatoms. The molecule has 2 amide bonds. The maximum Gasteiger partial charge on any atom is 0.252 e. The van der Waals surface area contributed by atoms with Crippen LogP contribution in [0.25, 0.3) is 10.1 Å². The van der Waals surface area contributed by atoms with E-state index in [1.165, 1.54) is 54.0 Å². The Labute approximate surface area is 191 Å². The summed E-state index contributed by atoms with van der Waals surface area (Å²) in [5, 5.41) is 9.40. The van der Waals surface area contributed by atoms with Gasteiger partial charge in [0.05, 0.1) is 11.3 Å². The molecule has 1 aromatic heterocycles. The van der Waals surface area contributed by atoms with Gasteiger partial charge in [-0.15, -0.1) is 23.1 Å². The summed E-state index contributed by atoms with van der Waals surface area (Å²) in [4.78, 5) is 26.0. The molecule has 1 aliphatic rings. The van der Waals surface area contributed by atoms with Crippen molar-refractivity contribution in [3.05, 3.63) is 65.0 Å². The molecule has 4 rings (SSSR count). The lowest BCUT2D eigenvalue weighted by molar-refractivity contribution is -0.118. The van der Waals surface area contributed by atoms with Crippen LogP contribution in [0.1, 0.15) is 48.0 Å². The number of amides is 2. The number of benzene rings is 2. The Balaban J connectivity index is 1.31. The molecule has 162 valence electrons. The van der Waals surface area contributed by atoms with E-state index in [1.807, 2.05) is 36.4 Å². The lowest BCUT2D eigenvalue weighted by Crippen LogP contribution is -2.31. The normalized spacial score (nSPS) is 14.5. The van der Waals surface area contributed by atoms with Crippen LogP contribution in [0.3, 0.4) is 0 Å². The van der Waals surface area contributed by atoms with Gasteiger partial charge in [-0.2, -0.15) is 0 Å². The molecule has 0 unspecified atom stereocenters. The average molecular weight is 453 g/mol. The van der Waals surface area contributed by atoms with Gasteiger partial charge in [0.25, 0.3) is 5.91 Å². The lowest BCUT2D eigenvalue weighted by atomic mass is 9.89. The first-order chi connectivity index (χ1) is 15.2. The number of carbonyl (C=O) groups excluding carboxylic acids is 2. The molecule has 0 radical (unpaired) electrons. The maximum atomic E-state index is 12.9. The zero-order valence-corrected chi connectivity index (χ0v) is 19.2. The smallest absolute Gasteiger partial charge is 0.252 e. The Morgan fingerprint density at radius 1 is 0.968 bits per heavy atom. The number of nitrogens with one attached hydrogen (secondary N) is 2. The summed E-state index contributed by atoms with van der Waals surface area (Å²) in [6.07, 6.45) is 6.31. The van der Waals surface area contributed by atoms with Crippen LogP contribution >= 0.6 is 23.1 Å². The van der Waals surface area contributed by atoms with Crippen molar-refractivity contribution in [3.63, 3.8) is 0 Å². The number of carbonyl (C=O) groups is 2. The first kappa shape index (κ1) is 21.9. The topological polar surface area (TPSA) is 58.2 Å². The first-order valence-corrected chi connectivity index (χ1v) is 12.8. The molecule has 0 spiro atoms. The second kappa shape index (κ2) is 10.8. The van der Waals surface area contributed by atoms with Gasteiger partial charge in [0.15, 0.2) is 0 Å². The van der Waals surface area contributed by atoms with Crippen LogP contribution in [0.5, 0.6) is 0 Å². The molecule has 0 saturated heterocycles. The van der Waals surface area contributed by atoms with Crippen molar-refractivity contribution in [1.29, 1.82) is 0 Å². The Hall–Kier alpha value is -2.31. The quantitative estimate of drug-likeness (QED) is 0.436. The molecule has 31 heavy (non-hydrogen) atoms. The predicted molar refractivity (Wildman–Crippen MR) is 130 cm³/mol. The van der Waals surface area contributed by atoms with E-state index in [1.54, 1.807) is 11.3 Å². The van der Waals surface area contributed by atoms with Crippen LogP contribution in [0.2, 0.25) is 0 Å². The third-order valence-corrected chi connectivity index (χ3v) is 7.89. The van der Waals surface area contributed by atoms with E-state index in [9.17, 15) is 9.59 Å². The van der Waals surface area contributed by atoms with Crippen LogP contribution in [-0.4, -0.2) is 24.1 Å². The van der Waals surface area contributed by atoms with Gasteiger partial charge in [-0.3, -0.25) is 9.59 Å². The van der Waals surface area contributed by atoms with Crippen molar-refractivity contribution in [1.82, 2.24) is 10.6 Å². The highest BCUT2D eigenvalue weighted by atomic mass is 32.2. The summed E-state index contributed by atoms with van der Waals surface area (Å²) in [6, 6.07) is 15.7. The lowest BCUT2D eigenvalue weighted by Gasteiger charge is -2.21. The Morgan fingerprint density at radius 2 is 1.74 bits per heavy atom. The van der Waals surface area contributed by atoms with Gasteiger partial charge in [-0.25, -0.2) is 0 Å². The van der Waals surface area contributed by atoms with Gasteiger partial charge >= 0.3 is 0 Å². The highest BCUT2D eigenvalue weighted by Gasteiger charge is 2.16. The number of thioether (sulfide) groups is 1. The minimum absolute atomic E-state index is 0.0375. The molecule has 1 heterocycles. The van der Waals surface area contributed by atoms with Gasteiger partial charge in [-0.05, 0) is 53.3 Å². The standard InChI is InChI=1S/C25H28N2O2S2/c28-24(26-14-18-8-2-1-3-9-18)17-31-23-13-7-5-11-21(23)25(29)27-15-19-16-30-22-12-6-4-10-20(19)22/h4-7,10-13,16,18H,1-3,8-9,14-15,17H2,(H,26,28)(H,27,29). The van der Waals surface area contributed by atoms with Crippen molar-refractivity contribution in [2.24, 2.45) is 5.92 Å². The molecule has 3 aromatic rings. The van der Waals surface area contributed by atoms with E-state index in [-0.39, 0.29) is 11.8 Å². The van der Waals surface area contributed by atoms with Gasteiger partial charge < -0.3 is 10.6 Å². The summed E-state index contributed by atoms with van der Waals surface area (Å²) in [7, 11) is 0. The zero-order valence-electron chi connectivity index (χ0n) is 17.6. The molecule has 2 aromatic carbocycles. The zero-order chi connectivity index (χ0) is 21.5. The number of hydrogen-bond acceptors (Lipinski definition) is 4. The predicted octanol–water partition coefficient (Wildman–Crippen LogP) is 5.62. The molecular formula is C25H28N2O2S2. The molecule has 4 nitrogen and oxygen atoms in total. The molecule has 0 bridgehead atoms. The van der Waals surface area contributed by atoms with E-state index in [4.69, 9.17) is 0 Å². The summed E-state index contributed by atoms with van der Waals surface area (Å²) >= 11 is 3.12. The van der Waals surface area contributed by atoms with Crippen LogP contribution < -0.4 is 10.6 Å². The van der Waals surface area contributed by atoms with E-state index in [2.05, 4.69) is 28.1 Å². The van der Waals surface area contributed by atoms with Crippen molar-refractivity contribution in [2.45, 2.75) is 43.5 Å². The van der Waals surface area contributed by atoms with Crippen LogP contribution in [0.4, 0.5) is 0 Å². The van der Waals surface area contributed by atoms with Crippen molar-refractivity contribution in [3.8, 4) is 0 Å². The van der Waals surface area contributed by atoms with Gasteiger partial charge in [-0.1, -0.05) is 49.6 Å². The SMILES string of the molecule is O=C(CSc1ccccc1C(=O)NCc1csc2ccccc12)NCC1CCCCC1. The number of thiophene rings is 1. The summed E-state index contributed by atoms with van der Waals surface area (Å²) in [6.45, 7) is 1.26. The largest absolute Gasteiger partial charge is 0.355 e. The monoisotopic (exact) mass is 452 g/mol. The molecule has 1 fully saturated rings. The molecule has 2 N–H and O–H groups in total. The molecule has 0 atom stereocenters. The third-order valence-electron chi connectivity index (χ3n) is 5.80. The van der Waals surface area contributed by atoms with Crippen LogP contribution in [0.15, 0.2) is 58.8 Å². The number of hydrogen-bond donors (Lipinski definition) is 2. The Bertz CT molecular complexity index is 1040. The van der Waals surface area contributed by atoms with Crippen molar-refractivity contribution >= 4 is 45.0 Å². The van der Waals surface area contributed by atoms with Crippen LogP contribution in [-0.2, 0) is 11.3 Å². The first-order valence-electron chi connectivity index (χ1n) is 10.9. The minimum Gasteiger partial charge on any atom is -0.355 e. The molecule has 0 aliphatic heterocycles. The second-order valence-electron chi connectivity index (χ2n) is 8.03. The van der Waals surface area contributed by atoms with Gasteiger partial charge in [0, 0.05) is 22.7 Å². The van der Waals surface area contributed by atoms with Crippen molar-refractivity contribution in [2.75, 3.05) is 12.3 Å². The van der Waals surface area contributed by atoms with Gasteiger partial charge in [0.1, 0.15) is 0 Å². The van der Waals surface area contributed by atoms with E-state index in [0.717, 1.165) is 17.0 Å². The highest BCUT2D eigenvalue weighted by Crippen LogP contribution is 2.27. The van der Waals surface area contributed by atoms with E-state index in [0.29, 0.717) is 23.8 Å². The molecule has 1 saturated carbocycles. The van der Waals surface area contributed by atoms with E-state index < -0.39 is 0 Å². The summed E-state index contributed by atoms with van der Waals surface area (Å²) in [5.74, 6) is 0.872. The number of rotatable bonds is 8. The minimum atomic E-state index is -0.110. The van der Waals surface area contributed by atoms with Crippen molar-refractivity contribution < 1.29 is 9.59 Å². The Kier molecular flexibility index (Phi) is 7.65. The van der Waals surface area contributed by atoms with Gasteiger partial charge in [0.2, 0.25) is 5.91 Å². The number of fused-ring (bicyclic) bond motifs is 1. The Morgan fingerprint density at radius 3 is 2.61 bits per heavy atom. The highest BCUT2D eigenvalue weighted by molar-refractivity contribution is 8.00. The van der Waals surface area contributed by atoms with E-state index >= 15 is 0 Å². The molecular weight excluding hydrogens is 424 g/mol.